The van der Waals surface area contributed by atoms with Crippen molar-refractivity contribution < 1.29 is 9.90 Å². The molecule has 0 spiro atoms. The summed E-state index contributed by atoms with van der Waals surface area (Å²) in [5, 5.41) is 13.2. The van der Waals surface area contributed by atoms with Gasteiger partial charge in [-0.05, 0) is 24.0 Å². The lowest BCUT2D eigenvalue weighted by Crippen LogP contribution is -2.37. The van der Waals surface area contributed by atoms with Gasteiger partial charge in [0.2, 0.25) is 0 Å². The van der Waals surface area contributed by atoms with Crippen LogP contribution < -0.4 is 5.32 Å². The molecule has 29 heavy (non-hydrogen) atoms. The number of benzene rings is 1. The second-order valence-corrected chi connectivity index (χ2v) is 8.27. The average molecular weight is 391 g/mol. The second kappa shape index (κ2) is 7.24. The highest BCUT2D eigenvalue weighted by atomic mass is 16.3. The Bertz CT molecular complexity index is 1030. The molecule has 2 saturated heterocycles. The van der Waals surface area contributed by atoms with Crippen LogP contribution >= 0.6 is 0 Å². The summed E-state index contributed by atoms with van der Waals surface area (Å²) in [5.74, 6) is 0.283. The topological polar surface area (TPSA) is 83.3 Å². The van der Waals surface area contributed by atoms with Crippen molar-refractivity contribution in [2.45, 2.75) is 13.0 Å². The minimum Gasteiger partial charge on any atom is -0.396 e. The average Bonchev–Trinajstić information content (AvgIpc) is 3.44. The fourth-order valence-electron chi connectivity index (χ4n) is 4.71. The van der Waals surface area contributed by atoms with Crippen LogP contribution in [0.1, 0.15) is 15.9 Å². The number of imidazole rings is 1. The van der Waals surface area contributed by atoms with Crippen molar-refractivity contribution in [1.29, 1.82) is 0 Å². The lowest BCUT2D eigenvalue weighted by molar-refractivity contribution is 0.0745. The fraction of sp³-hybridized carbons (Fsp3) is 0.409. The van der Waals surface area contributed by atoms with Crippen molar-refractivity contribution in [3.05, 3.63) is 60.0 Å². The summed E-state index contributed by atoms with van der Waals surface area (Å²) in [6, 6.07) is 12.2. The largest absolute Gasteiger partial charge is 0.396 e. The normalized spacial score (nSPS) is 23.6. The molecule has 1 aromatic carbocycles. The van der Waals surface area contributed by atoms with Crippen LogP contribution in [0.4, 0.5) is 0 Å². The van der Waals surface area contributed by atoms with Crippen molar-refractivity contribution in [3.8, 4) is 0 Å². The maximum atomic E-state index is 13.0. The first-order valence-electron chi connectivity index (χ1n) is 10.1. The highest BCUT2D eigenvalue weighted by molar-refractivity contribution is 5.96. The summed E-state index contributed by atoms with van der Waals surface area (Å²) >= 11 is 0. The van der Waals surface area contributed by atoms with Crippen LogP contribution in [0.2, 0.25) is 0 Å². The van der Waals surface area contributed by atoms with Crippen LogP contribution in [0.25, 0.3) is 11.2 Å². The number of nitrogens with zero attached hydrogens (tertiary/aromatic N) is 4. The molecule has 0 unspecified atom stereocenters. The number of aliphatic hydroxyl groups is 1. The van der Waals surface area contributed by atoms with E-state index in [1.807, 2.05) is 33.7 Å². The van der Waals surface area contributed by atoms with E-state index >= 15 is 0 Å². The van der Waals surface area contributed by atoms with Gasteiger partial charge < -0.3 is 19.9 Å². The van der Waals surface area contributed by atoms with E-state index in [9.17, 15) is 9.90 Å². The third-order valence-electron chi connectivity index (χ3n) is 6.47. The summed E-state index contributed by atoms with van der Waals surface area (Å²) in [4.78, 5) is 23.9. The molecule has 0 aliphatic carbocycles. The van der Waals surface area contributed by atoms with Gasteiger partial charge in [-0.3, -0.25) is 4.79 Å². The number of fused-ring (bicyclic) bond motifs is 2. The number of hydrogen-bond donors (Lipinski definition) is 2. The lowest BCUT2D eigenvalue weighted by Gasteiger charge is -2.25. The maximum Gasteiger partial charge on any atom is 0.255 e. The van der Waals surface area contributed by atoms with Crippen molar-refractivity contribution in [2.24, 2.45) is 11.3 Å². The minimum atomic E-state index is -0.202. The van der Waals surface area contributed by atoms with E-state index in [1.54, 1.807) is 12.5 Å². The van der Waals surface area contributed by atoms with Crippen molar-refractivity contribution >= 4 is 17.1 Å². The standard InChI is InChI=1S/C22H25N5O2/c28-14-22-12-23-10-18(22)11-27(13-22)21(29)17-8-19-20(24-9-17)26(15-25-19)7-6-16-4-2-1-3-5-16/h1-5,8-9,15,18,23,28H,6-7,10-14H2/t18-,22+/m0/s1. The third-order valence-corrected chi connectivity index (χ3v) is 6.47. The van der Waals surface area contributed by atoms with Gasteiger partial charge >= 0.3 is 0 Å². The number of likely N-dealkylation sites (tertiary alicyclic amines) is 1. The molecule has 150 valence electrons. The molecule has 2 atom stereocenters. The predicted octanol–water partition coefficient (Wildman–Crippen LogP) is 1.33. The summed E-state index contributed by atoms with van der Waals surface area (Å²) < 4.78 is 2.03. The Morgan fingerprint density at radius 3 is 2.93 bits per heavy atom. The Kier molecular flexibility index (Phi) is 4.56. The van der Waals surface area contributed by atoms with E-state index in [0.717, 1.165) is 37.2 Å². The van der Waals surface area contributed by atoms with Crippen molar-refractivity contribution in [1.82, 2.24) is 24.8 Å². The molecular weight excluding hydrogens is 366 g/mol. The minimum absolute atomic E-state index is 0.0274. The molecule has 2 N–H and O–H groups in total. The number of rotatable bonds is 5. The Morgan fingerprint density at radius 1 is 1.28 bits per heavy atom. The van der Waals surface area contributed by atoms with E-state index in [-0.39, 0.29) is 17.9 Å². The van der Waals surface area contributed by atoms with E-state index in [4.69, 9.17) is 0 Å². The number of aliphatic hydroxyl groups excluding tert-OH is 1. The Labute approximate surface area is 169 Å². The lowest BCUT2D eigenvalue weighted by atomic mass is 9.82. The van der Waals surface area contributed by atoms with Gasteiger partial charge in [0, 0.05) is 44.3 Å². The third kappa shape index (κ3) is 3.20. The molecule has 7 heteroatoms. The van der Waals surface area contributed by atoms with Crippen LogP contribution in [0.5, 0.6) is 0 Å². The summed E-state index contributed by atoms with van der Waals surface area (Å²) in [5.41, 5.74) is 3.17. The van der Waals surface area contributed by atoms with Gasteiger partial charge in [0.05, 0.1) is 18.5 Å². The molecular formula is C22H25N5O2. The zero-order valence-electron chi connectivity index (χ0n) is 16.3. The van der Waals surface area contributed by atoms with Gasteiger partial charge in [0.1, 0.15) is 5.52 Å². The predicted molar refractivity (Wildman–Crippen MR) is 109 cm³/mol. The number of nitrogens with one attached hydrogen (secondary N) is 1. The van der Waals surface area contributed by atoms with E-state index < -0.39 is 0 Å². The molecule has 0 bridgehead atoms. The van der Waals surface area contributed by atoms with Gasteiger partial charge in [-0.15, -0.1) is 0 Å². The first-order valence-corrected chi connectivity index (χ1v) is 10.1. The number of aryl methyl sites for hydroxylation is 2. The van der Waals surface area contributed by atoms with Crippen molar-refractivity contribution in [3.63, 3.8) is 0 Å². The van der Waals surface area contributed by atoms with Gasteiger partial charge in [0.15, 0.2) is 5.65 Å². The van der Waals surface area contributed by atoms with Gasteiger partial charge in [-0.2, -0.15) is 0 Å². The first kappa shape index (κ1) is 18.3. The maximum absolute atomic E-state index is 13.0. The van der Waals surface area contributed by atoms with E-state index in [2.05, 4.69) is 27.4 Å². The molecule has 1 amide bonds. The van der Waals surface area contributed by atoms with Crippen LogP contribution in [-0.4, -0.2) is 63.2 Å². The highest BCUT2D eigenvalue weighted by Gasteiger charge is 2.50. The smallest absolute Gasteiger partial charge is 0.255 e. The molecule has 4 heterocycles. The van der Waals surface area contributed by atoms with Crippen LogP contribution in [-0.2, 0) is 13.0 Å². The Balaban J connectivity index is 1.32. The molecule has 0 saturated carbocycles. The summed E-state index contributed by atoms with van der Waals surface area (Å²) in [7, 11) is 0. The van der Waals surface area contributed by atoms with Gasteiger partial charge in [-0.1, -0.05) is 30.3 Å². The first-order chi connectivity index (χ1) is 14.2. The molecule has 2 aliphatic rings. The van der Waals surface area contributed by atoms with Crippen LogP contribution in [0.3, 0.4) is 0 Å². The molecule has 2 fully saturated rings. The van der Waals surface area contributed by atoms with E-state index in [1.165, 1.54) is 5.56 Å². The fourth-order valence-corrected chi connectivity index (χ4v) is 4.71. The number of carbonyl (C=O) groups is 1. The number of carbonyl (C=O) groups excluding carboxylic acids is 1. The highest BCUT2D eigenvalue weighted by Crippen LogP contribution is 2.39. The zero-order valence-corrected chi connectivity index (χ0v) is 16.3. The van der Waals surface area contributed by atoms with Crippen LogP contribution in [0, 0.1) is 11.3 Å². The number of aromatic nitrogens is 3. The molecule has 0 radical (unpaired) electrons. The SMILES string of the molecule is O=C(c1cnc2c(c1)ncn2CCc1ccccc1)N1C[C@@H]2CNC[C@]2(CO)C1. The molecule has 2 aromatic heterocycles. The number of pyridine rings is 1. The van der Waals surface area contributed by atoms with Crippen LogP contribution in [0.15, 0.2) is 48.9 Å². The molecule has 7 nitrogen and oxygen atoms in total. The summed E-state index contributed by atoms with van der Waals surface area (Å²) in [6.45, 7) is 3.78. The number of hydrogen-bond acceptors (Lipinski definition) is 5. The molecule has 5 rings (SSSR count). The number of amides is 1. The summed E-state index contributed by atoms with van der Waals surface area (Å²) in [6.07, 6.45) is 4.35. The Morgan fingerprint density at radius 2 is 2.14 bits per heavy atom. The zero-order chi connectivity index (χ0) is 19.8. The Hall–Kier alpha value is -2.77. The monoisotopic (exact) mass is 391 g/mol. The van der Waals surface area contributed by atoms with Gasteiger partial charge in [-0.25, -0.2) is 9.97 Å². The molecule has 2 aliphatic heterocycles. The van der Waals surface area contributed by atoms with Gasteiger partial charge in [0.25, 0.3) is 5.91 Å². The van der Waals surface area contributed by atoms with Crippen molar-refractivity contribution in [2.75, 3.05) is 32.8 Å². The quantitative estimate of drug-likeness (QED) is 0.686. The second-order valence-electron chi connectivity index (χ2n) is 8.27. The molecule has 3 aromatic rings. The van der Waals surface area contributed by atoms with E-state index in [0.29, 0.717) is 24.6 Å².